The highest BCUT2D eigenvalue weighted by Gasteiger charge is 2.30. The highest BCUT2D eigenvalue weighted by atomic mass is 19.4. The van der Waals surface area contributed by atoms with E-state index in [0.29, 0.717) is 11.1 Å². The summed E-state index contributed by atoms with van der Waals surface area (Å²) in [5.41, 5.74) is 0.115. The number of benzene rings is 2. The Morgan fingerprint density at radius 2 is 1.79 bits per heavy atom. The molecule has 0 heterocycles. The third kappa shape index (κ3) is 4.58. The van der Waals surface area contributed by atoms with Crippen LogP contribution in [-0.4, -0.2) is 18.5 Å². The molecule has 126 valence electrons. The number of nitrogens with one attached hydrogen (secondary N) is 1. The van der Waals surface area contributed by atoms with E-state index in [1.165, 1.54) is 12.1 Å². The lowest BCUT2D eigenvalue weighted by Crippen LogP contribution is -2.21. The van der Waals surface area contributed by atoms with Crippen LogP contribution in [0.25, 0.3) is 0 Å². The number of aryl methyl sites for hydroxylation is 1. The van der Waals surface area contributed by atoms with E-state index in [1.807, 2.05) is 0 Å². The van der Waals surface area contributed by atoms with Crippen LogP contribution in [0.4, 0.5) is 18.9 Å². The summed E-state index contributed by atoms with van der Waals surface area (Å²) < 4.78 is 42.7. The molecule has 0 spiro atoms. The molecular formula is C17H14F3NO3. The van der Waals surface area contributed by atoms with Gasteiger partial charge in [0.15, 0.2) is 6.61 Å². The first-order chi connectivity index (χ1) is 11.3. The van der Waals surface area contributed by atoms with Crippen LogP contribution < -0.4 is 5.32 Å². The van der Waals surface area contributed by atoms with Gasteiger partial charge in [-0.2, -0.15) is 13.2 Å². The Labute approximate surface area is 136 Å². The number of ether oxygens (including phenoxy) is 1. The van der Waals surface area contributed by atoms with Crippen molar-refractivity contribution in [3.05, 3.63) is 65.2 Å². The molecule has 0 atom stereocenters. The zero-order valence-corrected chi connectivity index (χ0v) is 12.7. The summed E-state index contributed by atoms with van der Waals surface area (Å²) in [5, 5.41) is 2.26. The number of rotatable bonds is 4. The van der Waals surface area contributed by atoms with E-state index in [-0.39, 0.29) is 5.69 Å². The Balaban J connectivity index is 1.95. The minimum Gasteiger partial charge on any atom is -0.452 e. The monoisotopic (exact) mass is 337 g/mol. The largest absolute Gasteiger partial charge is 0.452 e. The van der Waals surface area contributed by atoms with E-state index < -0.39 is 30.2 Å². The van der Waals surface area contributed by atoms with Crippen molar-refractivity contribution in [2.75, 3.05) is 11.9 Å². The normalized spacial score (nSPS) is 11.0. The van der Waals surface area contributed by atoms with Gasteiger partial charge in [-0.3, -0.25) is 4.79 Å². The second-order valence-electron chi connectivity index (χ2n) is 5.02. The Morgan fingerprint density at radius 3 is 2.46 bits per heavy atom. The second-order valence-corrected chi connectivity index (χ2v) is 5.02. The van der Waals surface area contributed by atoms with Crippen molar-refractivity contribution in [2.24, 2.45) is 0 Å². The average Bonchev–Trinajstić information content (AvgIpc) is 2.52. The smallest absolute Gasteiger partial charge is 0.416 e. The fraction of sp³-hybridized carbons (Fsp3) is 0.176. The number of carbonyl (C=O) groups is 2. The first-order valence-electron chi connectivity index (χ1n) is 6.97. The topological polar surface area (TPSA) is 55.4 Å². The number of alkyl halides is 3. The van der Waals surface area contributed by atoms with Crippen molar-refractivity contribution in [2.45, 2.75) is 13.1 Å². The van der Waals surface area contributed by atoms with Gasteiger partial charge in [0.25, 0.3) is 5.91 Å². The fourth-order valence-corrected chi connectivity index (χ4v) is 1.98. The van der Waals surface area contributed by atoms with E-state index in [4.69, 9.17) is 4.74 Å². The molecule has 4 nitrogen and oxygen atoms in total. The molecule has 0 fully saturated rings. The van der Waals surface area contributed by atoms with E-state index in [9.17, 15) is 22.8 Å². The molecule has 2 aromatic rings. The van der Waals surface area contributed by atoms with Crippen molar-refractivity contribution < 1.29 is 27.5 Å². The predicted octanol–water partition coefficient (Wildman–Crippen LogP) is 3.81. The number of anilines is 1. The molecule has 0 radical (unpaired) electrons. The van der Waals surface area contributed by atoms with Gasteiger partial charge in [-0.15, -0.1) is 0 Å². The first-order valence-corrected chi connectivity index (χ1v) is 6.97. The molecule has 0 aliphatic rings. The van der Waals surface area contributed by atoms with Gasteiger partial charge in [-0.05, 0) is 36.8 Å². The molecule has 0 aromatic heterocycles. The van der Waals surface area contributed by atoms with Gasteiger partial charge >= 0.3 is 12.1 Å². The maximum Gasteiger partial charge on any atom is 0.416 e. The predicted molar refractivity (Wildman–Crippen MR) is 81.5 cm³/mol. The SMILES string of the molecule is Cc1ccccc1C(=O)OCC(=O)Nc1cccc(C(F)(F)F)c1. The molecule has 24 heavy (non-hydrogen) atoms. The van der Waals surface area contributed by atoms with Crippen molar-refractivity contribution >= 4 is 17.6 Å². The van der Waals surface area contributed by atoms with Crippen molar-refractivity contribution in [3.63, 3.8) is 0 Å². The Bertz CT molecular complexity index is 757. The average molecular weight is 337 g/mol. The van der Waals surface area contributed by atoms with Gasteiger partial charge in [0.05, 0.1) is 11.1 Å². The number of hydrogen-bond donors (Lipinski definition) is 1. The summed E-state index contributed by atoms with van der Waals surface area (Å²) in [6.45, 7) is 1.13. The molecule has 2 rings (SSSR count). The van der Waals surface area contributed by atoms with Gasteiger partial charge in [0.1, 0.15) is 0 Å². The van der Waals surface area contributed by atoms with Crippen molar-refractivity contribution in [3.8, 4) is 0 Å². The van der Waals surface area contributed by atoms with Crippen LogP contribution >= 0.6 is 0 Å². The number of esters is 1. The fourth-order valence-electron chi connectivity index (χ4n) is 1.98. The van der Waals surface area contributed by atoms with Crippen LogP contribution in [0.2, 0.25) is 0 Å². The molecule has 2 aromatic carbocycles. The Morgan fingerprint density at radius 1 is 1.08 bits per heavy atom. The van der Waals surface area contributed by atoms with Crippen LogP contribution in [0.3, 0.4) is 0 Å². The molecule has 7 heteroatoms. The molecule has 0 aliphatic heterocycles. The number of amides is 1. The summed E-state index contributed by atoms with van der Waals surface area (Å²) in [7, 11) is 0. The summed E-state index contributed by atoms with van der Waals surface area (Å²) in [4.78, 5) is 23.6. The van der Waals surface area contributed by atoms with Gasteiger partial charge < -0.3 is 10.1 Å². The lowest BCUT2D eigenvalue weighted by molar-refractivity contribution is -0.137. The molecule has 0 aliphatic carbocycles. The van der Waals surface area contributed by atoms with E-state index >= 15 is 0 Å². The van der Waals surface area contributed by atoms with Crippen LogP contribution in [0.15, 0.2) is 48.5 Å². The van der Waals surface area contributed by atoms with Gasteiger partial charge in [-0.25, -0.2) is 4.79 Å². The summed E-state index contributed by atoms with van der Waals surface area (Å²) in [5.74, 6) is -1.40. The molecule has 0 saturated carbocycles. The summed E-state index contributed by atoms with van der Waals surface area (Å²) in [6.07, 6.45) is -4.50. The van der Waals surface area contributed by atoms with Crippen molar-refractivity contribution in [1.82, 2.24) is 0 Å². The number of hydrogen-bond acceptors (Lipinski definition) is 3. The van der Waals surface area contributed by atoms with Crippen LogP contribution in [0.5, 0.6) is 0 Å². The molecule has 0 saturated heterocycles. The Kier molecular flexibility index (Phi) is 5.23. The quantitative estimate of drug-likeness (QED) is 0.863. The minimum absolute atomic E-state index is 0.0261. The third-order valence-corrected chi connectivity index (χ3v) is 3.17. The lowest BCUT2D eigenvalue weighted by atomic mass is 10.1. The van der Waals surface area contributed by atoms with Crippen LogP contribution in [0, 0.1) is 6.92 Å². The van der Waals surface area contributed by atoms with Gasteiger partial charge in [0, 0.05) is 5.69 Å². The zero-order valence-electron chi connectivity index (χ0n) is 12.7. The van der Waals surface area contributed by atoms with Crippen molar-refractivity contribution in [1.29, 1.82) is 0 Å². The third-order valence-electron chi connectivity index (χ3n) is 3.17. The van der Waals surface area contributed by atoms with Gasteiger partial charge in [0.2, 0.25) is 0 Å². The lowest BCUT2D eigenvalue weighted by Gasteiger charge is -2.10. The number of carbonyl (C=O) groups excluding carboxylic acids is 2. The van der Waals surface area contributed by atoms with Crippen LogP contribution in [0.1, 0.15) is 21.5 Å². The molecule has 1 amide bonds. The Hall–Kier alpha value is -2.83. The molecular weight excluding hydrogens is 323 g/mol. The van der Waals surface area contributed by atoms with E-state index in [1.54, 1.807) is 31.2 Å². The maximum atomic E-state index is 12.6. The molecule has 1 N–H and O–H groups in total. The summed E-state index contributed by atoms with van der Waals surface area (Å²) >= 11 is 0. The highest BCUT2D eigenvalue weighted by Crippen LogP contribution is 2.30. The second kappa shape index (κ2) is 7.16. The molecule has 0 unspecified atom stereocenters. The maximum absolute atomic E-state index is 12.6. The highest BCUT2D eigenvalue weighted by molar-refractivity contribution is 5.96. The zero-order chi connectivity index (χ0) is 17.7. The van der Waals surface area contributed by atoms with E-state index in [0.717, 1.165) is 12.1 Å². The number of halogens is 3. The van der Waals surface area contributed by atoms with Crippen LogP contribution in [-0.2, 0) is 15.7 Å². The summed E-state index contributed by atoms with van der Waals surface area (Å²) in [6, 6.07) is 10.9. The van der Waals surface area contributed by atoms with Gasteiger partial charge in [-0.1, -0.05) is 24.3 Å². The standard InChI is InChI=1S/C17H14F3NO3/c1-11-5-2-3-8-14(11)16(23)24-10-15(22)21-13-7-4-6-12(9-13)17(18,19)20/h2-9H,10H2,1H3,(H,21,22). The first kappa shape index (κ1) is 17.5. The van der Waals surface area contributed by atoms with E-state index in [2.05, 4.69) is 5.32 Å². The minimum atomic E-state index is -4.50. The molecule has 0 bridgehead atoms.